The van der Waals surface area contributed by atoms with Crippen LogP contribution in [-0.2, 0) is 6.54 Å². The number of benzene rings is 1. The summed E-state index contributed by atoms with van der Waals surface area (Å²) in [7, 11) is 0. The van der Waals surface area contributed by atoms with Crippen molar-refractivity contribution < 1.29 is 9.59 Å². The minimum Gasteiger partial charge on any atom is -0.364 e. The summed E-state index contributed by atoms with van der Waals surface area (Å²) in [5.41, 5.74) is 7.21. The predicted molar refractivity (Wildman–Crippen MR) is 92.0 cm³/mol. The Labute approximate surface area is 144 Å². The molecular formula is C18H15N5O2. The smallest absolute Gasteiger partial charge is 0.267 e. The van der Waals surface area contributed by atoms with E-state index in [1.54, 1.807) is 30.5 Å². The molecule has 0 fully saturated rings. The predicted octanol–water partition coefficient (Wildman–Crippen LogP) is 1.81. The van der Waals surface area contributed by atoms with Crippen LogP contribution in [-0.4, -0.2) is 26.6 Å². The highest BCUT2D eigenvalue weighted by Crippen LogP contribution is 2.09. The fourth-order valence-corrected chi connectivity index (χ4v) is 2.15. The van der Waals surface area contributed by atoms with Crippen LogP contribution in [0.1, 0.15) is 32.0 Å². The Bertz CT molecular complexity index is 878. The van der Waals surface area contributed by atoms with Crippen molar-refractivity contribution in [2.24, 2.45) is 5.73 Å². The van der Waals surface area contributed by atoms with E-state index in [4.69, 9.17) is 5.73 Å². The molecule has 2 heterocycles. The second kappa shape index (κ2) is 7.31. The molecule has 1 aromatic carbocycles. The first-order chi connectivity index (χ1) is 12.1. The molecule has 25 heavy (non-hydrogen) atoms. The first-order valence-electron chi connectivity index (χ1n) is 7.54. The summed E-state index contributed by atoms with van der Waals surface area (Å²) in [5, 5.41) is 3.03. The summed E-state index contributed by atoms with van der Waals surface area (Å²) in [6.45, 7) is 0.429. The maximum atomic E-state index is 12.3. The highest BCUT2D eigenvalue weighted by atomic mass is 16.1. The van der Waals surface area contributed by atoms with Crippen molar-refractivity contribution in [3.63, 3.8) is 0 Å². The molecule has 3 rings (SSSR count). The molecule has 0 aliphatic heterocycles. The summed E-state index contributed by atoms with van der Waals surface area (Å²) in [6.07, 6.45) is 4.53. The van der Waals surface area contributed by atoms with E-state index in [2.05, 4.69) is 20.3 Å². The van der Waals surface area contributed by atoms with Crippen molar-refractivity contribution in [3.05, 3.63) is 83.4 Å². The molecule has 7 nitrogen and oxygen atoms in total. The van der Waals surface area contributed by atoms with Crippen LogP contribution in [0, 0.1) is 0 Å². The topological polar surface area (TPSA) is 111 Å². The number of nitrogens with one attached hydrogen (secondary N) is 1. The van der Waals surface area contributed by atoms with Gasteiger partial charge in [0, 0.05) is 30.7 Å². The van der Waals surface area contributed by atoms with Gasteiger partial charge in [0.2, 0.25) is 5.95 Å². The zero-order valence-corrected chi connectivity index (χ0v) is 13.2. The quantitative estimate of drug-likeness (QED) is 0.666. The third kappa shape index (κ3) is 4.03. The first-order valence-corrected chi connectivity index (χ1v) is 7.54. The maximum absolute atomic E-state index is 12.3. The average Bonchev–Trinajstić information content (AvgIpc) is 2.67. The Morgan fingerprint density at radius 3 is 2.20 bits per heavy atom. The number of nitrogens with zero attached hydrogens (tertiary/aromatic N) is 3. The molecule has 0 aliphatic carbocycles. The number of hydrogen-bond acceptors (Lipinski definition) is 6. The van der Waals surface area contributed by atoms with Crippen molar-refractivity contribution in [1.82, 2.24) is 15.0 Å². The van der Waals surface area contributed by atoms with Gasteiger partial charge in [-0.25, -0.2) is 9.97 Å². The van der Waals surface area contributed by atoms with Crippen LogP contribution in [0.5, 0.6) is 0 Å². The molecule has 0 spiro atoms. The fourth-order valence-electron chi connectivity index (χ4n) is 2.15. The molecule has 0 radical (unpaired) electrons. The fraction of sp³-hybridized carbons (Fsp3) is 0.0556. The van der Waals surface area contributed by atoms with Crippen molar-refractivity contribution in [2.75, 3.05) is 5.32 Å². The number of hydrogen-bond donors (Lipinski definition) is 2. The number of rotatable bonds is 6. The van der Waals surface area contributed by atoms with E-state index in [9.17, 15) is 9.59 Å². The maximum Gasteiger partial charge on any atom is 0.267 e. The van der Waals surface area contributed by atoms with Gasteiger partial charge < -0.3 is 11.1 Å². The zero-order valence-electron chi connectivity index (χ0n) is 13.2. The average molecular weight is 333 g/mol. The summed E-state index contributed by atoms with van der Waals surface area (Å²) in [6, 6.07) is 12.3. The molecule has 0 bridgehead atoms. The number of ketones is 1. The highest BCUT2D eigenvalue weighted by molar-refractivity contribution is 6.08. The van der Waals surface area contributed by atoms with Crippen LogP contribution in [0.4, 0.5) is 5.95 Å². The molecule has 7 heteroatoms. The Kier molecular flexibility index (Phi) is 4.75. The molecule has 3 N–H and O–H groups in total. The van der Waals surface area contributed by atoms with Crippen molar-refractivity contribution in [2.45, 2.75) is 6.54 Å². The van der Waals surface area contributed by atoms with E-state index < -0.39 is 5.91 Å². The number of aromatic nitrogens is 3. The van der Waals surface area contributed by atoms with E-state index in [1.165, 1.54) is 12.4 Å². The van der Waals surface area contributed by atoms with E-state index in [1.807, 2.05) is 18.2 Å². The number of pyridine rings is 1. The number of amides is 1. The van der Waals surface area contributed by atoms with Crippen LogP contribution in [0.25, 0.3) is 0 Å². The highest BCUT2D eigenvalue weighted by Gasteiger charge is 2.09. The Morgan fingerprint density at radius 2 is 1.60 bits per heavy atom. The zero-order chi connectivity index (χ0) is 17.6. The monoisotopic (exact) mass is 333 g/mol. The van der Waals surface area contributed by atoms with Gasteiger partial charge in [0.1, 0.15) is 5.69 Å². The Hall–Kier alpha value is -3.61. The second-order valence-electron chi connectivity index (χ2n) is 5.26. The molecule has 0 saturated carbocycles. The van der Waals surface area contributed by atoms with Crippen LogP contribution < -0.4 is 11.1 Å². The van der Waals surface area contributed by atoms with E-state index in [0.29, 0.717) is 23.6 Å². The van der Waals surface area contributed by atoms with Gasteiger partial charge >= 0.3 is 0 Å². The molecule has 2 aromatic heterocycles. The third-order valence-corrected chi connectivity index (χ3v) is 3.48. The van der Waals surface area contributed by atoms with E-state index in [-0.39, 0.29) is 11.5 Å². The lowest BCUT2D eigenvalue weighted by Crippen LogP contribution is -2.13. The van der Waals surface area contributed by atoms with Gasteiger partial charge in [-0.15, -0.1) is 0 Å². The Morgan fingerprint density at radius 1 is 0.880 bits per heavy atom. The van der Waals surface area contributed by atoms with Gasteiger partial charge in [0.25, 0.3) is 5.91 Å². The normalized spacial score (nSPS) is 10.2. The van der Waals surface area contributed by atoms with Gasteiger partial charge in [-0.2, -0.15) is 0 Å². The van der Waals surface area contributed by atoms with E-state index >= 15 is 0 Å². The van der Waals surface area contributed by atoms with Gasteiger partial charge in [-0.1, -0.05) is 36.4 Å². The van der Waals surface area contributed by atoms with Crippen LogP contribution >= 0.6 is 0 Å². The van der Waals surface area contributed by atoms with Gasteiger partial charge in [0.15, 0.2) is 5.78 Å². The lowest BCUT2D eigenvalue weighted by atomic mass is 10.1. The molecule has 124 valence electrons. The lowest BCUT2D eigenvalue weighted by molar-refractivity contribution is 0.0994. The standard InChI is InChI=1S/C18H15N5O2/c19-17(25)15-7-6-12(8-20-15)9-21-18-22-10-14(11-23-18)16(24)13-4-2-1-3-5-13/h1-8,10-11H,9H2,(H2,19,25)(H,21,22,23). The second-order valence-corrected chi connectivity index (χ2v) is 5.26. The molecular weight excluding hydrogens is 318 g/mol. The van der Waals surface area contributed by atoms with E-state index in [0.717, 1.165) is 5.56 Å². The lowest BCUT2D eigenvalue weighted by Gasteiger charge is -2.06. The largest absolute Gasteiger partial charge is 0.364 e. The van der Waals surface area contributed by atoms with Crippen molar-refractivity contribution in [3.8, 4) is 0 Å². The van der Waals surface area contributed by atoms with Crippen molar-refractivity contribution in [1.29, 1.82) is 0 Å². The summed E-state index contributed by atoms with van der Waals surface area (Å²) in [5.74, 6) is -0.302. The first kappa shape index (κ1) is 16.3. The van der Waals surface area contributed by atoms with Gasteiger partial charge in [-0.05, 0) is 11.6 Å². The molecule has 0 aliphatic rings. The van der Waals surface area contributed by atoms with Gasteiger partial charge in [-0.3, -0.25) is 14.6 Å². The SMILES string of the molecule is NC(=O)c1ccc(CNc2ncc(C(=O)c3ccccc3)cn2)cn1. The number of carbonyl (C=O) groups is 2. The third-order valence-electron chi connectivity index (χ3n) is 3.48. The molecule has 3 aromatic rings. The minimum absolute atomic E-state index is 0.126. The summed E-state index contributed by atoms with van der Waals surface area (Å²) in [4.78, 5) is 35.5. The summed E-state index contributed by atoms with van der Waals surface area (Å²) >= 11 is 0. The molecule has 1 amide bonds. The minimum atomic E-state index is -0.568. The molecule has 0 unspecified atom stereocenters. The van der Waals surface area contributed by atoms with Crippen LogP contribution in [0.3, 0.4) is 0 Å². The summed E-state index contributed by atoms with van der Waals surface area (Å²) < 4.78 is 0. The number of carbonyl (C=O) groups excluding carboxylic acids is 2. The number of nitrogens with two attached hydrogens (primary N) is 1. The number of primary amides is 1. The molecule has 0 atom stereocenters. The number of anilines is 1. The van der Waals surface area contributed by atoms with Crippen molar-refractivity contribution >= 4 is 17.6 Å². The van der Waals surface area contributed by atoms with Crippen LogP contribution in [0.15, 0.2) is 61.1 Å². The molecule has 0 saturated heterocycles. The Balaban J connectivity index is 1.63. The van der Waals surface area contributed by atoms with Crippen LogP contribution in [0.2, 0.25) is 0 Å². The van der Waals surface area contributed by atoms with Gasteiger partial charge in [0.05, 0.1) is 5.56 Å².